The van der Waals surface area contributed by atoms with Crippen molar-refractivity contribution in [2.75, 3.05) is 0 Å². The Labute approximate surface area is 180 Å². The highest BCUT2D eigenvalue weighted by Crippen LogP contribution is 2.30. The third-order valence-corrected chi connectivity index (χ3v) is 5.59. The summed E-state index contributed by atoms with van der Waals surface area (Å²) in [4.78, 5) is 0. The Morgan fingerprint density at radius 3 is 2.35 bits per heavy atom. The molecule has 0 amide bonds. The molecule has 1 aromatic heterocycles. The lowest BCUT2D eigenvalue weighted by molar-refractivity contribution is 0.626. The summed E-state index contributed by atoms with van der Waals surface area (Å²) < 4.78 is 15.4. The van der Waals surface area contributed by atoms with Crippen LogP contribution in [0.25, 0.3) is 33.3 Å². The number of hydrogen-bond acceptors (Lipinski definition) is 1. The van der Waals surface area contributed by atoms with Crippen LogP contribution >= 0.6 is 0 Å². The Bertz CT molecular complexity index is 1460. The summed E-state index contributed by atoms with van der Waals surface area (Å²) in [6.45, 7) is 0.630. The van der Waals surface area contributed by atoms with Gasteiger partial charge in [0.2, 0.25) is 0 Å². The van der Waals surface area contributed by atoms with Crippen molar-refractivity contribution in [3.8, 4) is 6.07 Å². The average Bonchev–Trinajstić information content (AvgIpc) is 3.16. The number of allylic oxidation sites excluding steroid dienone is 1. The Hall–Kier alpha value is -4.16. The van der Waals surface area contributed by atoms with Gasteiger partial charge in [0, 0.05) is 34.8 Å². The zero-order chi connectivity index (χ0) is 21.2. The minimum atomic E-state index is -0.238. The Morgan fingerprint density at radius 2 is 1.55 bits per heavy atom. The molecular formula is C28H19FN2. The van der Waals surface area contributed by atoms with E-state index in [1.54, 1.807) is 12.1 Å². The molecule has 31 heavy (non-hydrogen) atoms. The minimum Gasteiger partial charge on any atom is -0.342 e. The lowest BCUT2D eigenvalue weighted by Crippen LogP contribution is -1.97. The number of hydrogen-bond donors (Lipinski definition) is 0. The maximum Gasteiger partial charge on any atom is 0.123 e. The van der Waals surface area contributed by atoms with Crippen molar-refractivity contribution in [2.24, 2.45) is 0 Å². The van der Waals surface area contributed by atoms with Crippen molar-refractivity contribution in [1.29, 1.82) is 5.26 Å². The van der Waals surface area contributed by atoms with Crippen LogP contribution in [0.2, 0.25) is 0 Å². The molecule has 0 saturated carbocycles. The van der Waals surface area contributed by atoms with Crippen molar-refractivity contribution in [2.45, 2.75) is 6.54 Å². The predicted octanol–water partition coefficient (Wildman–Crippen LogP) is 7.05. The van der Waals surface area contributed by atoms with Gasteiger partial charge >= 0.3 is 0 Å². The molecule has 0 fully saturated rings. The van der Waals surface area contributed by atoms with Gasteiger partial charge in [-0.25, -0.2) is 4.39 Å². The number of rotatable bonds is 4. The van der Waals surface area contributed by atoms with E-state index in [1.807, 2.05) is 48.5 Å². The molecule has 5 rings (SSSR count). The minimum absolute atomic E-state index is 0.238. The van der Waals surface area contributed by atoms with Gasteiger partial charge in [-0.2, -0.15) is 5.26 Å². The number of para-hydroxylation sites is 1. The van der Waals surface area contributed by atoms with E-state index >= 15 is 0 Å². The van der Waals surface area contributed by atoms with Crippen LogP contribution in [0.5, 0.6) is 0 Å². The van der Waals surface area contributed by atoms with Crippen molar-refractivity contribution >= 4 is 33.3 Å². The first kappa shape index (κ1) is 18.8. The molecule has 4 aromatic carbocycles. The highest BCUT2D eigenvalue weighted by Gasteiger charge is 2.11. The summed E-state index contributed by atoms with van der Waals surface area (Å²) in [5, 5.41) is 13.2. The number of nitrogens with zero attached hydrogens (tertiary/aromatic N) is 2. The van der Waals surface area contributed by atoms with Gasteiger partial charge < -0.3 is 4.57 Å². The zero-order valence-corrected chi connectivity index (χ0v) is 16.8. The average molecular weight is 402 g/mol. The molecule has 0 aliphatic heterocycles. The van der Waals surface area contributed by atoms with Crippen molar-refractivity contribution in [1.82, 2.24) is 4.57 Å². The molecule has 0 unspecified atom stereocenters. The second-order valence-corrected chi connectivity index (χ2v) is 7.55. The topological polar surface area (TPSA) is 28.7 Å². The Balaban J connectivity index is 1.63. The number of fused-ring (bicyclic) bond motifs is 2. The van der Waals surface area contributed by atoms with Crippen LogP contribution in [-0.2, 0) is 6.54 Å². The molecule has 148 valence electrons. The monoisotopic (exact) mass is 402 g/mol. The van der Waals surface area contributed by atoms with Crippen molar-refractivity contribution < 1.29 is 4.39 Å². The molecule has 0 atom stereocenters. The highest BCUT2D eigenvalue weighted by molar-refractivity contribution is 6.04. The van der Waals surface area contributed by atoms with Gasteiger partial charge in [-0.05, 0) is 40.6 Å². The predicted molar refractivity (Wildman–Crippen MR) is 125 cm³/mol. The summed E-state index contributed by atoms with van der Waals surface area (Å²) in [5.41, 5.74) is 4.64. The fourth-order valence-corrected chi connectivity index (χ4v) is 4.09. The van der Waals surface area contributed by atoms with Crippen LogP contribution in [0.4, 0.5) is 4.39 Å². The summed E-state index contributed by atoms with van der Waals surface area (Å²) in [6.07, 6.45) is 4.03. The maximum absolute atomic E-state index is 13.3. The molecule has 1 heterocycles. The summed E-state index contributed by atoms with van der Waals surface area (Å²) in [7, 11) is 0. The van der Waals surface area contributed by atoms with Gasteiger partial charge in [0.1, 0.15) is 5.82 Å². The largest absolute Gasteiger partial charge is 0.342 e. The third kappa shape index (κ3) is 3.60. The SMILES string of the molecule is N#C/C(=C\c1cn(Cc2ccc(F)cc2)c2ccccc12)c1cccc2ccccc12. The van der Waals surface area contributed by atoms with Gasteiger partial charge in [-0.1, -0.05) is 72.8 Å². The van der Waals surface area contributed by atoms with Crippen molar-refractivity contribution in [3.05, 3.63) is 120 Å². The van der Waals surface area contributed by atoms with E-state index in [2.05, 4.69) is 41.1 Å². The first-order valence-corrected chi connectivity index (χ1v) is 10.2. The van der Waals surface area contributed by atoms with Gasteiger partial charge in [0.25, 0.3) is 0 Å². The van der Waals surface area contributed by atoms with Crippen LogP contribution in [0.15, 0.2) is 97.2 Å². The van der Waals surface area contributed by atoms with E-state index in [-0.39, 0.29) is 5.82 Å². The Kier molecular flexibility index (Phi) is 4.82. The Morgan fingerprint density at radius 1 is 0.839 bits per heavy atom. The van der Waals surface area contributed by atoms with Crippen LogP contribution in [0.1, 0.15) is 16.7 Å². The molecule has 0 N–H and O–H groups in total. The molecule has 0 radical (unpaired) electrons. The second-order valence-electron chi connectivity index (χ2n) is 7.55. The number of nitriles is 1. The summed E-state index contributed by atoms with van der Waals surface area (Å²) in [5.74, 6) is -0.238. The lowest BCUT2D eigenvalue weighted by Gasteiger charge is -2.05. The van der Waals surface area contributed by atoms with Crippen LogP contribution in [-0.4, -0.2) is 4.57 Å². The number of benzene rings is 4. The van der Waals surface area contributed by atoms with Crippen LogP contribution in [0.3, 0.4) is 0 Å². The fourth-order valence-electron chi connectivity index (χ4n) is 4.09. The molecule has 0 saturated heterocycles. The third-order valence-electron chi connectivity index (χ3n) is 5.59. The molecular weight excluding hydrogens is 383 g/mol. The molecule has 0 spiro atoms. The summed E-state index contributed by atoms with van der Waals surface area (Å²) >= 11 is 0. The second kappa shape index (κ2) is 7.93. The van der Waals surface area contributed by atoms with Gasteiger partial charge in [0.05, 0.1) is 11.6 Å². The molecule has 0 aliphatic carbocycles. The molecule has 0 aliphatic rings. The van der Waals surface area contributed by atoms with Crippen molar-refractivity contribution in [3.63, 3.8) is 0 Å². The quantitative estimate of drug-likeness (QED) is 0.296. The van der Waals surface area contributed by atoms with E-state index < -0.39 is 0 Å². The highest BCUT2D eigenvalue weighted by atomic mass is 19.1. The lowest BCUT2D eigenvalue weighted by atomic mass is 9.97. The molecule has 2 nitrogen and oxygen atoms in total. The molecule has 3 heteroatoms. The maximum atomic E-state index is 13.3. The van der Waals surface area contributed by atoms with Crippen LogP contribution in [0, 0.1) is 17.1 Å². The standard InChI is InChI=1S/C28H19FN2/c29-24-14-12-20(13-15-24)18-31-19-23(27-9-3-4-11-28(27)31)16-22(17-30)26-10-5-7-21-6-1-2-8-25(21)26/h1-16,19H,18H2/b22-16+. The number of halogens is 1. The molecule has 5 aromatic rings. The first-order chi connectivity index (χ1) is 15.2. The number of aromatic nitrogens is 1. The van der Waals surface area contributed by atoms with E-state index in [1.165, 1.54) is 12.1 Å². The fraction of sp³-hybridized carbons (Fsp3) is 0.0357. The first-order valence-electron chi connectivity index (χ1n) is 10.2. The normalized spacial score (nSPS) is 11.7. The van der Waals surface area contributed by atoms with Gasteiger partial charge in [0.15, 0.2) is 0 Å². The van der Waals surface area contributed by atoms with E-state index in [0.29, 0.717) is 12.1 Å². The van der Waals surface area contributed by atoms with E-state index in [0.717, 1.165) is 38.4 Å². The van der Waals surface area contributed by atoms with E-state index in [4.69, 9.17) is 0 Å². The van der Waals surface area contributed by atoms with Gasteiger partial charge in [-0.3, -0.25) is 0 Å². The van der Waals surface area contributed by atoms with Gasteiger partial charge in [-0.15, -0.1) is 0 Å². The van der Waals surface area contributed by atoms with Crippen LogP contribution < -0.4 is 0 Å². The summed E-state index contributed by atoms with van der Waals surface area (Å²) in [6, 6.07) is 31.3. The smallest absolute Gasteiger partial charge is 0.123 e. The molecule has 0 bridgehead atoms. The van der Waals surface area contributed by atoms with E-state index in [9.17, 15) is 9.65 Å². The zero-order valence-electron chi connectivity index (χ0n) is 16.8.